The second-order valence-corrected chi connectivity index (χ2v) is 32.1. The van der Waals surface area contributed by atoms with E-state index in [1.54, 1.807) is 0 Å². The van der Waals surface area contributed by atoms with Crippen LogP contribution < -0.4 is 19.6 Å². The Morgan fingerprint density at radius 1 is 0.135 bits per heavy atom. The van der Waals surface area contributed by atoms with Crippen molar-refractivity contribution in [2.45, 2.75) is 0 Å². The van der Waals surface area contributed by atoms with Gasteiger partial charge in [0.2, 0.25) is 0 Å². The highest BCUT2D eigenvalue weighted by Gasteiger charge is 2.26. The van der Waals surface area contributed by atoms with E-state index in [2.05, 4.69) is 456 Å². The van der Waals surface area contributed by atoms with Gasteiger partial charge in [-0.1, -0.05) is 273 Å². The number of anilines is 12. The first-order chi connectivity index (χ1) is 62.5. The van der Waals surface area contributed by atoms with Gasteiger partial charge in [0.25, 0.3) is 0 Å². The normalized spacial score (nSPS) is 11.7. The van der Waals surface area contributed by atoms with Crippen LogP contribution in [0.15, 0.2) is 479 Å². The molecule has 25 rings (SSSR count). The number of nitrogens with zero attached hydrogens (tertiary/aromatic N) is 4. The molecule has 0 amide bonds. The van der Waals surface area contributed by atoms with Gasteiger partial charge in [-0.3, -0.25) is 0 Å². The number of rotatable bonds is 15. The highest BCUT2D eigenvalue weighted by molar-refractivity contribution is 6.32. The summed E-state index contributed by atoms with van der Waals surface area (Å²) >= 11 is 0. The third-order valence-electron chi connectivity index (χ3n) is 24.8. The number of benzene rings is 21. The van der Waals surface area contributed by atoms with E-state index in [4.69, 9.17) is 17.7 Å². The van der Waals surface area contributed by atoms with Gasteiger partial charge in [-0.2, -0.15) is 0 Å². The van der Waals surface area contributed by atoms with E-state index in [-0.39, 0.29) is 0 Å². The van der Waals surface area contributed by atoms with Gasteiger partial charge >= 0.3 is 0 Å². The van der Waals surface area contributed by atoms with Crippen molar-refractivity contribution >= 4 is 199 Å². The molecule has 25 aromatic rings. The van der Waals surface area contributed by atoms with Crippen molar-refractivity contribution in [3.63, 3.8) is 0 Å². The SMILES string of the molecule is c1ccc(-c2ccccc2N(c2ccccc2)c2ccc(-c3ccc4c(c3)c3ccccc3c3c5ccc(N(c6ccccc6)c6ccc7oc8ccccc8c7c6)cc5oc43)cc2)cc1.c1ccc(N(c2ccccc2)c2ccc3c(c2)oc2c4ccc(-c5ccc(N(c6ccccc6)c6cccc7c6oc6ccccc67)cc5)cc4c4ccccc4c32)cc1. The van der Waals surface area contributed by atoms with E-state index < -0.39 is 0 Å². The zero-order valence-corrected chi connectivity index (χ0v) is 68.3. The Bertz CT molecular complexity index is 8420. The van der Waals surface area contributed by atoms with Crippen LogP contribution in [0.1, 0.15) is 0 Å². The van der Waals surface area contributed by atoms with Crippen LogP contribution in [-0.4, -0.2) is 0 Å². The summed E-state index contributed by atoms with van der Waals surface area (Å²) in [5.41, 5.74) is 26.7. The fraction of sp³-hybridized carbons (Fsp3) is 0. The zero-order valence-electron chi connectivity index (χ0n) is 68.3. The van der Waals surface area contributed by atoms with Crippen LogP contribution >= 0.6 is 0 Å². The van der Waals surface area contributed by atoms with Crippen molar-refractivity contribution in [2.24, 2.45) is 0 Å². The molecule has 0 aliphatic rings. The molecule has 21 aromatic carbocycles. The summed E-state index contributed by atoms with van der Waals surface area (Å²) in [5, 5.41) is 18.1. The quantitative estimate of drug-likeness (QED) is 0.0941. The maximum absolute atomic E-state index is 7.02. The predicted octanol–water partition coefficient (Wildman–Crippen LogP) is 34.5. The summed E-state index contributed by atoms with van der Waals surface area (Å²) in [6.45, 7) is 0. The van der Waals surface area contributed by atoms with Crippen molar-refractivity contribution in [1.82, 2.24) is 0 Å². The van der Waals surface area contributed by atoms with E-state index in [1.165, 1.54) is 32.7 Å². The van der Waals surface area contributed by atoms with Crippen molar-refractivity contribution in [2.75, 3.05) is 19.6 Å². The van der Waals surface area contributed by atoms with E-state index in [0.717, 1.165) is 200 Å². The van der Waals surface area contributed by atoms with Crippen LogP contribution in [0, 0.1) is 0 Å². The molecule has 0 fully saturated rings. The molecular formula is C118H76N4O4. The van der Waals surface area contributed by atoms with Crippen molar-refractivity contribution in [1.29, 1.82) is 0 Å². The van der Waals surface area contributed by atoms with E-state index in [9.17, 15) is 0 Å². The molecule has 8 heteroatoms. The Morgan fingerprint density at radius 2 is 0.452 bits per heavy atom. The monoisotopic (exact) mass is 1610 g/mol. The van der Waals surface area contributed by atoms with Crippen molar-refractivity contribution < 1.29 is 17.7 Å². The van der Waals surface area contributed by atoms with E-state index >= 15 is 0 Å². The zero-order chi connectivity index (χ0) is 83.1. The van der Waals surface area contributed by atoms with Gasteiger partial charge in [-0.05, 0) is 236 Å². The molecule has 126 heavy (non-hydrogen) atoms. The summed E-state index contributed by atoms with van der Waals surface area (Å²) in [7, 11) is 0. The number of fused-ring (bicyclic) bond motifs is 22. The highest BCUT2D eigenvalue weighted by Crippen LogP contribution is 2.51. The van der Waals surface area contributed by atoms with E-state index in [1.807, 2.05) is 24.3 Å². The van der Waals surface area contributed by atoms with Crippen LogP contribution in [0.5, 0.6) is 0 Å². The molecule has 0 spiro atoms. The van der Waals surface area contributed by atoms with Gasteiger partial charge in [0.05, 0.1) is 11.4 Å². The largest absolute Gasteiger partial charge is 0.456 e. The summed E-state index contributed by atoms with van der Waals surface area (Å²) < 4.78 is 26.7. The second kappa shape index (κ2) is 30.6. The summed E-state index contributed by atoms with van der Waals surface area (Å²) in [4.78, 5) is 9.20. The fourth-order valence-corrected chi connectivity index (χ4v) is 19.1. The molecule has 4 aromatic heterocycles. The number of para-hydroxylation sites is 9. The summed E-state index contributed by atoms with van der Waals surface area (Å²) in [6, 6.07) is 163. The van der Waals surface area contributed by atoms with E-state index in [0.29, 0.717) is 0 Å². The second-order valence-electron chi connectivity index (χ2n) is 32.1. The van der Waals surface area contributed by atoms with Crippen molar-refractivity contribution in [3.8, 4) is 33.4 Å². The van der Waals surface area contributed by atoms with Crippen LogP contribution in [-0.2, 0) is 0 Å². The topological polar surface area (TPSA) is 65.5 Å². The molecule has 0 bridgehead atoms. The molecule has 0 unspecified atom stereocenters. The average Bonchev–Trinajstić information content (AvgIpc) is 1.54. The van der Waals surface area contributed by atoms with Gasteiger partial charge in [-0.25, -0.2) is 0 Å². The number of furan rings is 4. The summed E-state index contributed by atoms with van der Waals surface area (Å²) in [5.74, 6) is 0. The standard InChI is InChI=1S/C62H40N2O2.C56H36N2O2/c1-4-16-42(17-5-1)49-22-12-14-26-57(49)64(45-20-8-3-9-21-45)46-31-28-41(29-32-46)43-30-35-53-55(38-43)50-23-10-11-25-52(50)61-54-36-33-48(40-60(54)66-62(53)61)63(44-18-6-2-7-19-44)47-34-37-59-56(39-47)51-24-13-15-27-58(51)65-59;1-4-15-39(16-5-1)57(40-17-6-2-7-18-40)43-32-34-49-53(36-43)60-56-48-33-29-38(35-50(48)44-21-10-11-23-46(44)54(49)56)37-27-30-42(31-28-37)58(41-19-8-3-9-20-41)51-25-14-24-47-45-22-12-13-26-52(45)59-55(47)51/h1-40H;1-36H. The Balaban J connectivity index is 0.000000142. The van der Waals surface area contributed by atoms with Gasteiger partial charge < -0.3 is 37.3 Å². The molecule has 592 valence electrons. The molecular weight excluding hydrogens is 1540 g/mol. The Hall–Kier alpha value is -16.9. The Morgan fingerprint density at radius 3 is 0.952 bits per heavy atom. The van der Waals surface area contributed by atoms with Crippen LogP contribution in [0.3, 0.4) is 0 Å². The maximum atomic E-state index is 7.02. The Labute approximate surface area is 726 Å². The molecule has 0 atom stereocenters. The van der Waals surface area contributed by atoms with Crippen LogP contribution in [0.4, 0.5) is 68.2 Å². The molecule has 0 N–H and O–H groups in total. The molecule has 0 saturated heterocycles. The van der Waals surface area contributed by atoms with Gasteiger partial charge in [0.1, 0.15) is 39.1 Å². The molecule has 4 heterocycles. The number of hydrogen-bond acceptors (Lipinski definition) is 8. The first-order valence-corrected chi connectivity index (χ1v) is 42.7. The van der Waals surface area contributed by atoms with Gasteiger partial charge in [0.15, 0.2) is 5.58 Å². The van der Waals surface area contributed by atoms with Crippen LogP contribution in [0.2, 0.25) is 0 Å². The third-order valence-corrected chi connectivity index (χ3v) is 24.8. The van der Waals surface area contributed by atoms with Gasteiger partial charge in [0, 0.05) is 128 Å². The fourth-order valence-electron chi connectivity index (χ4n) is 19.1. The van der Waals surface area contributed by atoms with Crippen LogP contribution in [0.25, 0.3) is 164 Å². The number of hydrogen-bond donors (Lipinski definition) is 0. The lowest BCUT2D eigenvalue weighted by Crippen LogP contribution is -2.11. The maximum Gasteiger partial charge on any atom is 0.159 e. The lowest BCUT2D eigenvalue weighted by atomic mass is 9.94. The smallest absolute Gasteiger partial charge is 0.159 e. The van der Waals surface area contributed by atoms with Gasteiger partial charge in [-0.15, -0.1) is 0 Å². The molecule has 0 aliphatic carbocycles. The molecule has 0 aliphatic heterocycles. The minimum absolute atomic E-state index is 0.840. The predicted molar refractivity (Wildman–Crippen MR) is 527 cm³/mol. The molecule has 0 radical (unpaired) electrons. The highest BCUT2D eigenvalue weighted by atomic mass is 16.3. The lowest BCUT2D eigenvalue weighted by molar-refractivity contribution is 0.668. The Kier molecular flexibility index (Phi) is 17.8. The molecule has 0 saturated carbocycles. The minimum Gasteiger partial charge on any atom is -0.456 e. The average molecular weight is 1610 g/mol. The lowest BCUT2D eigenvalue weighted by Gasteiger charge is -2.28. The first kappa shape index (κ1) is 73.0. The van der Waals surface area contributed by atoms with Crippen molar-refractivity contribution in [3.05, 3.63) is 461 Å². The first-order valence-electron chi connectivity index (χ1n) is 42.7. The third kappa shape index (κ3) is 12.6. The summed E-state index contributed by atoms with van der Waals surface area (Å²) in [6.07, 6.45) is 0. The minimum atomic E-state index is 0.840. The molecule has 8 nitrogen and oxygen atoms in total.